The summed E-state index contributed by atoms with van der Waals surface area (Å²) < 4.78 is 0. The van der Waals surface area contributed by atoms with Gasteiger partial charge in [-0.25, -0.2) is 4.79 Å². The number of carbonyl (C=O) groups is 1. The Hall–Kier alpha value is -1.22. The maximum Gasteiger partial charge on any atom is 0.326 e. The van der Waals surface area contributed by atoms with E-state index in [9.17, 15) is 4.79 Å². The van der Waals surface area contributed by atoms with Gasteiger partial charge in [-0.15, -0.1) is 0 Å². The van der Waals surface area contributed by atoms with Crippen LogP contribution in [-0.2, 0) is 4.79 Å². The molecule has 0 radical (unpaired) electrons. The predicted octanol–water partition coefficient (Wildman–Crippen LogP) is 2.64. The fraction of sp³-hybridized carbons (Fsp3) is 0.364. The molecule has 0 aliphatic heterocycles. The molecule has 0 spiro atoms. The van der Waals surface area contributed by atoms with Gasteiger partial charge in [0, 0.05) is 17.3 Å². The first-order valence-corrected chi connectivity index (χ1v) is 5.19. The molecule has 3 nitrogen and oxygen atoms in total. The molecule has 15 heavy (non-hydrogen) atoms. The first-order valence-electron chi connectivity index (χ1n) is 4.81. The van der Waals surface area contributed by atoms with Gasteiger partial charge in [0.1, 0.15) is 6.04 Å². The average molecular weight is 228 g/mol. The molecule has 1 N–H and O–H groups in total. The van der Waals surface area contributed by atoms with E-state index in [2.05, 4.69) is 0 Å². The van der Waals surface area contributed by atoms with Gasteiger partial charge in [0.25, 0.3) is 0 Å². The third kappa shape index (κ3) is 2.86. The number of aliphatic carboxylic acids is 1. The lowest BCUT2D eigenvalue weighted by Crippen LogP contribution is -2.38. The lowest BCUT2D eigenvalue weighted by molar-refractivity contribution is -0.138. The van der Waals surface area contributed by atoms with Crippen molar-refractivity contribution in [3.63, 3.8) is 0 Å². The van der Waals surface area contributed by atoms with E-state index in [4.69, 9.17) is 16.7 Å². The Bertz CT molecular complexity index is 354. The van der Waals surface area contributed by atoms with E-state index in [-0.39, 0.29) is 0 Å². The molecule has 1 aromatic carbocycles. The number of likely N-dealkylation sites (N-methyl/N-ethyl adjacent to an activating group) is 1. The summed E-state index contributed by atoms with van der Waals surface area (Å²) in [6, 6.07) is 6.66. The van der Waals surface area contributed by atoms with Crippen LogP contribution in [-0.4, -0.2) is 23.7 Å². The smallest absolute Gasteiger partial charge is 0.326 e. The van der Waals surface area contributed by atoms with Crippen LogP contribution in [0.2, 0.25) is 5.02 Å². The Morgan fingerprint density at radius 1 is 1.60 bits per heavy atom. The maximum absolute atomic E-state index is 10.9. The fourth-order valence-electron chi connectivity index (χ4n) is 1.47. The summed E-state index contributed by atoms with van der Waals surface area (Å²) in [5.41, 5.74) is 0.833. The Morgan fingerprint density at radius 3 is 2.73 bits per heavy atom. The van der Waals surface area contributed by atoms with Gasteiger partial charge in [0.15, 0.2) is 0 Å². The van der Waals surface area contributed by atoms with Crippen molar-refractivity contribution in [2.24, 2.45) is 0 Å². The second-order valence-electron chi connectivity index (χ2n) is 3.28. The van der Waals surface area contributed by atoms with E-state index >= 15 is 0 Å². The predicted molar refractivity (Wildman–Crippen MR) is 61.6 cm³/mol. The molecule has 0 aliphatic rings. The molecule has 1 unspecified atom stereocenters. The molecule has 0 saturated heterocycles. The molecule has 0 aliphatic carbocycles. The maximum atomic E-state index is 10.9. The number of carboxylic acids is 1. The Kier molecular flexibility index (Phi) is 3.97. The SMILES string of the molecule is CCN(c1cccc(Cl)c1)C(C)C(=O)O. The van der Waals surface area contributed by atoms with Gasteiger partial charge in [0.2, 0.25) is 0 Å². The summed E-state index contributed by atoms with van der Waals surface area (Å²) in [5, 5.41) is 9.55. The number of carboxylic acid groups (broad SMARTS) is 1. The molecule has 0 heterocycles. The van der Waals surface area contributed by atoms with Crippen molar-refractivity contribution >= 4 is 23.3 Å². The number of benzene rings is 1. The molecule has 0 fully saturated rings. The normalized spacial score (nSPS) is 12.2. The van der Waals surface area contributed by atoms with Crippen molar-refractivity contribution in [2.75, 3.05) is 11.4 Å². The highest BCUT2D eigenvalue weighted by Crippen LogP contribution is 2.21. The van der Waals surface area contributed by atoms with E-state index in [0.717, 1.165) is 5.69 Å². The molecule has 0 amide bonds. The van der Waals surface area contributed by atoms with Crippen LogP contribution in [0.3, 0.4) is 0 Å². The molecular formula is C11H14ClNO2. The summed E-state index contributed by atoms with van der Waals surface area (Å²) in [6.45, 7) is 4.21. The Morgan fingerprint density at radius 2 is 2.27 bits per heavy atom. The summed E-state index contributed by atoms with van der Waals surface area (Å²) in [7, 11) is 0. The van der Waals surface area contributed by atoms with Crippen LogP contribution in [0.15, 0.2) is 24.3 Å². The minimum absolute atomic E-state index is 0.548. The van der Waals surface area contributed by atoms with Crippen LogP contribution < -0.4 is 4.90 Å². The molecule has 1 atom stereocenters. The first-order chi connectivity index (χ1) is 7.06. The lowest BCUT2D eigenvalue weighted by Gasteiger charge is -2.27. The molecule has 1 aromatic rings. The van der Waals surface area contributed by atoms with Crippen molar-refractivity contribution in [3.05, 3.63) is 29.3 Å². The van der Waals surface area contributed by atoms with E-state index < -0.39 is 12.0 Å². The lowest BCUT2D eigenvalue weighted by atomic mass is 10.2. The van der Waals surface area contributed by atoms with Crippen LogP contribution in [0, 0.1) is 0 Å². The molecule has 0 aromatic heterocycles. The van der Waals surface area contributed by atoms with Gasteiger partial charge in [-0.05, 0) is 32.0 Å². The molecule has 0 saturated carbocycles. The minimum Gasteiger partial charge on any atom is -0.480 e. The zero-order valence-corrected chi connectivity index (χ0v) is 9.53. The molecule has 0 bridgehead atoms. The van der Waals surface area contributed by atoms with Crippen LogP contribution in [0.5, 0.6) is 0 Å². The van der Waals surface area contributed by atoms with Crippen molar-refractivity contribution < 1.29 is 9.90 Å². The summed E-state index contributed by atoms with van der Waals surface area (Å²) in [6.07, 6.45) is 0. The number of rotatable bonds is 4. The van der Waals surface area contributed by atoms with Gasteiger partial charge >= 0.3 is 5.97 Å². The molecule has 4 heteroatoms. The second kappa shape index (κ2) is 5.03. The average Bonchev–Trinajstić information content (AvgIpc) is 2.18. The topological polar surface area (TPSA) is 40.5 Å². The number of nitrogens with zero attached hydrogens (tertiary/aromatic N) is 1. The fourth-order valence-corrected chi connectivity index (χ4v) is 1.65. The highest BCUT2D eigenvalue weighted by molar-refractivity contribution is 6.30. The Balaban J connectivity index is 2.97. The monoisotopic (exact) mass is 227 g/mol. The highest BCUT2D eigenvalue weighted by atomic mass is 35.5. The Labute approximate surface area is 94.3 Å². The summed E-state index contributed by atoms with van der Waals surface area (Å²) in [5.74, 6) is -0.836. The van der Waals surface area contributed by atoms with Crippen LogP contribution in [0.4, 0.5) is 5.69 Å². The van der Waals surface area contributed by atoms with Crippen LogP contribution >= 0.6 is 11.6 Å². The van der Waals surface area contributed by atoms with E-state index in [0.29, 0.717) is 11.6 Å². The molecule has 82 valence electrons. The summed E-state index contributed by atoms with van der Waals surface area (Å²) in [4.78, 5) is 12.7. The van der Waals surface area contributed by atoms with Crippen molar-refractivity contribution in [3.8, 4) is 0 Å². The number of anilines is 1. The number of hydrogen-bond donors (Lipinski definition) is 1. The van der Waals surface area contributed by atoms with Gasteiger partial charge < -0.3 is 10.0 Å². The molecular weight excluding hydrogens is 214 g/mol. The van der Waals surface area contributed by atoms with Gasteiger partial charge in [-0.1, -0.05) is 17.7 Å². The van der Waals surface area contributed by atoms with Crippen LogP contribution in [0.1, 0.15) is 13.8 Å². The quantitative estimate of drug-likeness (QED) is 0.860. The third-order valence-electron chi connectivity index (χ3n) is 2.31. The van der Waals surface area contributed by atoms with E-state index in [1.165, 1.54) is 0 Å². The number of hydrogen-bond acceptors (Lipinski definition) is 2. The van der Waals surface area contributed by atoms with Crippen molar-refractivity contribution in [1.82, 2.24) is 0 Å². The van der Waals surface area contributed by atoms with Gasteiger partial charge in [-0.2, -0.15) is 0 Å². The highest BCUT2D eigenvalue weighted by Gasteiger charge is 2.19. The largest absolute Gasteiger partial charge is 0.480 e. The number of halogens is 1. The minimum atomic E-state index is -0.836. The van der Waals surface area contributed by atoms with Crippen molar-refractivity contribution in [1.29, 1.82) is 0 Å². The standard InChI is InChI=1S/C11H14ClNO2/c1-3-13(8(2)11(14)15)10-6-4-5-9(12)7-10/h4-8H,3H2,1-2H3,(H,14,15). The zero-order valence-electron chi connectivity index (χ0n) is 8.77. The van der Waals surface area contributed by atoms with Crippen molar-refractivity contribution in [2.45, 2.75) is 19.9 Å². The molecule has 1 rings (SSSR count). The van der Waals surface area contributed by atoms with E-state index in [1.807, 2.05) is 19.1 Å². The summed E-state index contributed by atoms with van der Waals surface area (Å²) >= 11 is 5.86. The third-order valence-corrected chi connectivity index (χ3v) is 2.54. The van der Waals surface area contributed by atoms with Crippen LogP contribution in [0.25, 0.3) is 0 Å². The first kappa shape index (κ1) is 11.9. The zero-order chi connectivity index (χ0) is 11.4. The van der Waals surface area contributed by atoms with E-state index in [1.54, 1.807) is 24.0 Å². The van der Waals surface area contributed by atoms with Gasteiger partial charge in [0.05, 0.1) is 0 Å². The van der Waals surface area contributed by atoms with Gasteiger partial charge in [-0.3, -0.25) is 0 Å². The second-order valence-corrected chi connectivity index (χ2v) is 3.72.